The monoisotopic (exact) mass is 332 g/mol. The Morgan fingerprint density at radius 2 is 1.87 bits per heavy atom. The Balaban J connectivity index is 2.14. The van der Waals surface area contributed by atoms with Gasteiger partial charge in [-0.1, -0.05) is 12.1 Å². The Kier molecular flexibility index (Phi) is 3.65. The van der Waals surface area contributed by atoms with Gasteiger partial charge < -0.3 is 4.98 Å². The van der Waals surface area contributed by atoms with Crippen molar-refractivity contribution >= 4 is 26.5 Å². The normalized spacial score (nSPS) is 11.6. The number of fused-ring (bicyclic) bond motifs is 1. The molecule has 5 nitrogen and oxygen atoms in total. The first kappa shape index (κ1) is 15.2. The molecule has 0 saturated heterocycles. The Labute approximate surface area is 131 Å². The van der Waals surface area contributed by atoms with Crippen molar-refractivity contribution < 1.29 is 12.8 Å². The lowest BCUT2D eigenvalue weighted by atomic mass is 10.0. The van der Waals surface area contributed by atoms with Gasteiger partial charge >= 0.3 is 0 Å². The topological polar surface area (TPSA) is 79.0 Å². The van der Waals surface area contributed by atoms with E-state index in [1.807, 2.05) is 0 Å². The minimum absolute atomic E-state index is 0.00154. The van der Waals surface area contributed by atoms with E-state index in [9.17, 15) is 17.6 Å². The van der Waals surface area contributed by atoms with Crippen LogP contribution in [0.15, 0.2) is 53.5 Å². The van der Waals surface area contributed by atoms with Gasteiger partial charge in [0, 0.05) is 11.9 Å². The molecule has 118 valence electrons. The van der Waals surface area contributed by atoms with Crippen molar-refractivity contribution in [3.63, 3.8) is 0 Å². The van der Waals surface area contributed by atoms with E-state index in [1.54, 1.807) is 36.4 Å². The summed E-state index contributed by atoms with van der Waals surface area (Å²) in [5, 5.41) is 0.479. The number of anilines is 1. The van der Waals surface area contributed by atoms with Crippen LogP contribution in [0.5, 0.6) is 0 Å². The molecule has 0 aliphatic carbocycles. The highest BCUT2D eigenvalue weighted by Crippen LogP contribution is 2.27. The summed E-state index contributed by atoms with van der Waals surface area (Å²) in [4.78, 5) is 14.1. The van der Waals surface area contributed by atoms with E-state index in [1.165, 1.54) is 12.3 Å². The molecule has 7 heteroatoms. The van der Waals surface area contributed by atoms with E-state index < -0.39 is 21.4 Å². The Morgan fingerprint density at radius 3 is 2.61 bits per heavy atom. The quantitative estimate of drug-likeness (QED) is 0.774. The average Bonchev–Trinajstić information content (AvgIpc) is 2.45. The highest BCUT2D eigenvalue weighted by Gasteiger charge is 2.10. The van der Waals surface area contributed by atoms with Gasteiger partial charge in [-0.25, -0.2) is 12.8 Å². The second-order valence-electron chi connectivity index (χ2n) is 5.18. The van der Waals surface area contributed by atoms with Gasteiger partial charge in [0.15, 0.2) is 0 Å². The number of rotatable bonds is 3. The number of nitrogens with one attached hydrogen (secondary N) is 2. The van der Waals surface area contributed by atoms with E-state index in [2.05, 4.69) is 9.71 Å². The summed E-state index contributed by atoms with van der Waals surface area (Å²) in [5.74, 6) is -0.624. The number of H-pyrrole nitrogens is 1. The van der Waals surface area contributed by atoms with E-state index in [-0.39, 0.29) is 5.39 Å². The second-order valence-corrected chi connectivity index (χ2v) is 6.93. The molecule has 0 aliphatic heterocycles. The molecule has 0 bridgehead atoms. The molecule has 0 aliphatic rings. The third-order valence-electron chi connectivity index (χ3n) is 3.32. The molecule has 2 N–H and O–H groups in total. The smallest absolute Gasteiger partial charge is 0.258 e. The van der Waals surface area contributed by atoms with Crippen LogP contribution in [0, 0.1) is 5.82 Å². The van der Waals surface area contributed by atoms with Crippen LogP contribution in [-0.4, -0.2) is 19.7 Å². The lowest BCUT2D eigenvalue weighted by Crippen LogP contribution is -2.09. The van der Waals surface area contributed by atoms with Crippen LogP contribution in [-0.2, 0) is 10.0 Å². The molecule has 0 spiro atoms. The zero-order valence-corrected chi connectivity index (χ0v) is 12.9. The zero-order valence-electron chi connectivity index (χ0n) is 12.1. The molecule has 1 aromatic heterocycles. The molecule has 0 amide bonds. The van der Waals surface area contributed by atoms with Crippen LogP contribution in [0.3, 0.4) is 0 Å². The predicted molar refractivity (Wildman–Crippen MR) is 88.4 cm³/mol. The van der Waals surface area contributed by atoms with E-state index in [4.69, 9.17) is 0 Å². The molecular formula is C16H13FN2O3S. The summed E-state index contributed by atoms with van der Waals surface area (Å²) in [6.45, 7) is 0. The summed E-state index contributed by atoms with van der Waals surface area (Å²) in [7, 11) is -3.39. The number of aromatic amines is 1. The molecule has 1 heterocycles. The van der Waals surface area contributed by atoms with E-state index in [0.717, 1.165) is 6.26 Å². The summed E-state index contributed by atoms with van der Waals surface area (Å²) in [5.41, 5.74) is 1.09. The van der Waals surface area contributed by atoms with E-state index in [0.29, 0.717) is 22.2 Å². The standard InChI is InChI=1S/C16H13FN2O3S/c1-23(21,22)19-13-4-2-3-10(8-13)12-7-11-5-6-18-16(20)15(11)14(17)9-12/h2-9,19H,1H3,(H,18,20). The van der Waals surface area contributed by atoms with Gasteiger partial charge in [0.25, 0.3) is 5.56 Å². The van der Waals surface area contributed by atoms with Crippen LogP contribution in [0.1, 0.15) is 0 Å². The lowest BCUT2D eigenvalue weighted by Gasteiger charge is -2.08. The lowest BCUT2D eigenvalue weighted by molar-refractivity contribution is 0.607. The van der Waals surface area contributed by atoms with Crippen LogP contribution >= 0.6 is 0 Å². The maximum atomic E-state index is 14.2. The maximum absolute atomic E-state index is 14.2. The number of aromatic nitrogens is 1. The molecule has 0 fully saturated rings. The molecule has 0 atom stereocenters. The third kappa shape index (κ3) is 3.24. The molecule has 3 aromatic rings. The minimum atomic E-state index is -3.39. The Bertz CT molecular complexity index is 1060. The summed E-state index contributed by atoms with van der Waals surface area (Å²) >= 11 is 0. The molecule has 0 saturated carbocycles. The van der Waals surface area contributed by atoms with Gasteiger partial charge in [0.1, 0.15) is 5.82 Å². The number of hydrogen-bond acceptors (Lipinski definition) is 3. The van der Waals surface area contributed by atoms with Crippen molar-refractivity contribution in [2.24, 2.45) is 0 Å². The highest BCUT2D eigenvalue weighted by molar-refractivity contribution is 7.92. The van der Waals surface area contributed by atoms with Gasteiger partial charge in [0.05, 0.1) is 11.6 Å². The first-order valence-electron chi connectivity index (χ1n) is 6.73. The van der Waals surface area contributed by atoms with Crippen LogP contribution in [0.2, 0.25) is 0 Å². The first-order valence-corrected chi connectivity index (χ1v) is 8.62. The number of hydrogen-bond donors (Lipinski definition) is 2. The van der Waals surface area contributed by atoms with Crippen molar-refractivity contribution in [2.45, 2.75) is 0 Å². The fraction of sp³-hybridized carbons (Fsp3) is 0.0625. The van der Waals surface area contributed by atoms with Crippen LogP contribution in [0.25, 0.3) is 21.9 Å². The van der Waals surface area contributed by atoms with Gasteiger partial charge in [0.2, 0.25) is 10.0 Å². The number of sulfonamides is 1. The summed E-state index contributed by atoms with van der Waals surface area (Å²) in [6, 6.07) is 11.2. The fourth-order valence-electron chi connectivity index (χ4n) is 2.42. The van der Waals surface area contributed by atoms with Gasteiger partial charge in [-0.15, -0.1) is 0 Å². The van der Waals surface area contributed by atoms with Crippen molar-refractivity contribution in [3.05, 3.63) is 64.8 Å². The molecule has 3 rings (SSSR count). The molecule has 0 radical (unpaired) electrons. The highest BCUT2D eigenvalue weighted by atomic mass is 32.2. The van der Waals surface area contributed by atoms with E-state index >= 15 is 0 Å². The first-order chi connectivity index (χ1) is 10.8. The zero-order chi connectivity index (χ0) is 16.6. The summed E-state index contributed by atoms with van der Waals surface area (Å²) in [6.07, 6.45) is 2.51. The largest absolute Gasteiger partial charge is 0.328 e. The number of halogens is 1. The number of pyridine rings is 1. The Hall–Kier alpha value is -2.67. The van der Waals surface area contributed by atoms with Gasteiger partial charge in [-0.05, 0) is 46.8 Å². The molecule has 23 heavy (non-hydrogen) atoms. The van der Waals surface area contributed by atoms with Gasteiger partial charge in [-0.3, -0.25) is 9.52 Å². The van der Waals surface area contributed by atoms with Crippen LogP contribution < -0.4 is 10.3 Å². The van der Waals surface area contributed by atoms with Crippen LogP contribution in [0.4, 0.5) is 10.1 Å². The molecule has 0 unspecified atom stereocenters. The molecular weight excluding hydrogens is 319 g/mol. The fourth-order valence-corrected chi connectivity index (χ4v) is 2.98. The SMILES string of the molecule is CS(=O)(=O)Nc1cccc(-c2cc(F)c3c(=O)[nH]ccc3c2)c1. The van der Waals surface area contributed by atoms with Crippen molar-refractivity contribution in [3.8, 4) is 11.1 Å². The summed E-state index contributed by atoms with van der Waals surface area (Å²) < 4.78 is 39.2. The molecule has 2 aromatic carbocycles. The maximum Gasteiger partial charge on any atom is 0.258 e. The van der Waals surface area contributed by atoms with Crippen molar-refractivity contribution in [1.82, 2.24) is 4.98 Å². The van der Waals surface area contributed by atoms with Crippen molar-refractivity contribution in [2.75, 3.05) is 11.0 Å². The Morgan fingerprint density at radius 1 is 1.09 bits per heavy atom. The van der Waals surface area contributed by atoms with Crippen molar-refractivity contribution in [1.29, 1.82) is 0 Å². The minimum Gasteiger partial charge on any atom is -0.328 e. The predicted octanol–water partition coefficient (Wildman–Crippen LogP) is 2.71. The third-order valence-corrected chi connectivity index (χ3v) is 3.93. The van der Waals surface area contributed by atoms with Gasteiger partial charge in [-0.2, -0.15) is 0 Å². The second kappa shape index (κ2) is 5.51. The average molecular weight is 332 g/mol. The number of benzene rings is 2.